The van der Waals surface area contributed by atoms with E-state index in [4.69, 9.17) is 0 Å². The van der Waals surface area contributed by atoms with Crippen LogP contribution in [0.4, 0.5) is 5.69 Å². The summed E-state index contributed by atoms with van der Waals surface area (Å²) >= 11 is 3.39. The predicted molar refractivity (Wildman–Crippen MR) is 108 cm³/mol. The van der Waals surface area contributed by atoms with Gasteiger partial charge in [0.15, 0.2) is 0 Å². The zero-order valence-corrected chi connectivity index (χ0v) is 16.3. The van der Waals surface area contributed by atoms with Crippen LogP contribution >= 0.6 is 15.9 Å². The maximum atomic E-state index is 12.8. The van der Waals surface area contributed by atoms with Gasteiger partial charge in [0.05, 0.1) is 11.7 Å². The van der Waals surface area contributed by atoms with Crippen LogP contribution < -0.4 is 15.8 Å². The third-order valence-corrected chi connectivity index (χ3v) is 5.50. The minimum atomic E-state index is -0.189. The van der Waals surface area contributed by atoms with Crippen LogP contribution in [0.5, 0.6) is 0 Å². The van der Waals surface area contributed by atoms with Gasteiger partial charge in [-0.05, 0) is 60.7 Å². The molecule has 5 nitrogen and oxygen atoms in total. The van der Waals surface area contributed by atoms with E-state index >= 15 is 0 Å². The molecule has 0 aromatic heterocycles. The van der Waals surface area contributed by atoms with Gasteiger partial charge in [0, 0.05) is 10.9 Å². The second-order valence-corrected chi connectivity index (χ2v) is 7.67. The first-order chi connectivity index (χ1) is 13.1. The van der Waals surface area contributed by atoms with Crippen LogP contribution in [0.15, 0.2) is 64.8 Å². The van der Waals surface area contributed by atoms with Gasteiger partial charge in [-0.1, -0.05) is 40.2 Å². The number of fused-ring (bicyclic) bond motifs is 1. The summed E-state index contributed by atoms with van der Waals surface area (Å²) in [7, 11) is 0. The molecule has 0 radical (unpaired) electrons. The Morgan fingerprint density at radius 2 is 1.93 bits per heavy atom. The Kier molecular flexibility index (Phi) is 4.99. The van der Waals surface area contributed by atoms with Crippen LogP contribution in [-0.4, -0.2) is 11.8 Å². The quantitative estimate of drug-likeness (QED) is 0.786. The Hall–Kier alpha value is -2.60. The highest BCUT2D eigenvalue weighted by molar-refractivity contribution is 9.10. The van der Waals surface area contributed by atoms with Crippen molar-refractivity contribution in [2.75, 3.05) is 5.01 Å². The molecule has 1 aliphatic carbocycles. The number of hydrogen-bond acceptors (Lipinski definition) is 3. The molecule has 1 atom stereocenters. The zero-order valence-electron chi connectivity index (χ0n) is 14.7. The van der Waals surface area contributed by atoms with Crippen LogP contribution in [0.2, 0.25) is 0 Å². The van der Waals surface area contributed by atoms with Crippen LogP contribution in [0.1, 0.15) is 36.4 Å². The minimum Gasteiger partial charge on any atom is -0.344 e. The Morgan fingerprint density at radius 1 is 1.15 bits per heavy atom. The topological polar surface area (TPSA) is 61.4 Å². The number of carbonyl (C=O) groups is 2. The first-order valence-corrected chi connectivity index (χ1v) is 9.85. The van der Waals surface area contributed by atoms with Crippen LogP contribution in [0.25, 0.3) is 0 Å². The van der Waals surface area contributed by atoms with Gasteiger partial charge in [0.1, 0.15) is 5.70 Å². The van der Waals surface area contributed by atoms with Gasteiger partial charge in [-0.15, -0.1) is 0 Å². The molecule has 0 saturated heterocycles. The Balaban J connectivity index is 1.49. The molecule has 4 rings (SSSR count). The number of anilines is 1. The monoisotopic (exact) mass is 425 g/mol. The summed E-state index contributed by atoms with van der Waals surface area (Å²) in [6, 6.07) is 15.6. The summed E-state index contributed by atoms with van der Waals surface area (Å²) in [5, 5.41) is 4.55. The van der Waals surface area contributed by atoms with E-state index in [1.54, 1.807) is 6.08 Å². The molecule has 2 aromatic carbocycles. The molecule has 2 aromatic rings. The fourth-order valence-electron chi connectivity index (χ4n) is 3.59. The van der Waals surface area contributed by atoms with Crippen molar-refractivity contribution in [3.63, 3.8) is 0 Å². The van der Waals surface area contributed by atoms with E-state index in [1.165, 1.54) is 16.1 Å². The average molecular weight is 426 g/mol. The molecular formula is C21H20BrN3O2. The second-order valence-electron chi connectivity index (χ2n) is 6.76. The number of hydrogen-bond donors (Lipinski definition) is 2. The highest BCUT2D eigenvalue weighted by Gasteiger charge is 2.27. The van der Waals surface area contributed by atoms with Crippen molar-refractivity contribution < 1.29 is 9.59 Å². The number of rotatable bonds is 3. The number of aryl methyl sites for hydroxylation is 1. The Labute approximate surface area is 166 Å². The highest BCUT2D eigenvalue weighted by atomic mass is 79.9. The van der Waals surface area contributed by atoms with Crippen molar-refractivity contribution in [2.45, 2.75) is 31.7 Å². The van der Waals surface area contributed by atoms with Gasteiger partial charge in [0.2, 0.25) is 5.91 Å². The van der Waals surface area contributed by atoms with Gasteiger partial charge in [-0.25, -0.2) is 5.01 Å². The number of halogens is 1. The highest BCUT2D eigenvalue weighted by Crippen LogP contribution is 2.29. The van der Waals surface area contributed by atoms with Gasteiger partial charge in [-0.2, -0.15) is 0 Å². The molecule has 1 heterocycles. The lowest BCUT2D eigenvalue weighted by Crippen LogP contribution is -2.49. The molecule has 1 aliphatic heterocycles. The number of amides is 2. The number of carbonyl (C=O) groups excluding carboxylic acids is 2. The summed E-state index contributed by atoms with van der Waals surface area (Å²) in [5.41, 5.74) is 6.56. The average Bonchev–Trinajstić information content (AvgIpc) is 2.69. The summed E-state index contributed by atoms with van der Waals surface area (Å²) < 4.78 is 0.931. The summed E-state index contributed by atoms with van der Waals surface area (Å²) in [6.45, 7) is 0. The van der Waals surface area contributed by atoms with E-state index in [0.717, 1.165) is 23.7 Å². The van der Waals surface area contributed by atoms with Gasteiger partial charge in [-0.3, -0.25) is 15.0 Å². The van der Waals surface area contributed by atoms with Gasteiger partial charge in [0.25, 0.3) is 5.91 Å². The lowest BCUT2D eigenvalue weighted by Gasteiger charge is -2.31. The van der Waals surface area contributed by atoms with Crippen molar-refractivity contribution in [1.29, 1.82) is 0 Å². The molecule has 2 amide bonds. The first-order valence-electron chi connectivity index (χ1n) is 9.06. The van der Waals surface area contributed by atoms with Crippen molar-refractivity contribution in [1.82, 2.24) is 10.7 Å². The largest absolute Gasteiger partial charge is 0.344 e. The van der Waals surface area contributed by atoms with Crippen molar-refractivity contribution >= 4 is 33.4 Å². The Bertz CT molecular complexity index is 908. The first kappa shape index (κ1) is 17.8. The standard InChI is InChI=1S/C21H20BrN3O2/c22-15-8-10-16(11-9-15)25-20(26)13-12-19(24-25)21(27)23-18-7-3-5-14-4-1-2-6-17(14)18/h1-2,4,6,8-12,18,24H,3,5,7,13H2,(H,23,27)/t18-/m1/s1. The molecule has 138 valence electrons. The molecule has 0 fully saturated rings. The lowest BCUT2D eigenvalue weighted by molar-refractivity contribution is -0.120. The smallest absolute Gasteiger partial charge is 0.269 e. The van der Waals surface area contributed by atoms with Gasteiger partial charge < -0.3 is 5.32 Å². The van der Waals surface area contributed by atoms with E-state index in [-0.39, 0.29) is 24.3 Å². The van der Waals surface area contributed by atoms with E-state index in [0.29, 0.717) is 11.4 Å². The normalized spacial score (nSPS) is 19.0. The molecule has 6 heteroatoms. The zero-order chi connectivity index (χ0) is 18.8. The van der Waals surface area contributed by atoms with Crippen molar-refractivity contribution in [3.8, 4) is 0 Å². The summed E-state index contributed by atoms with van der Waals surface area (Å²) in [6.07, 6.45) is 4.87. The van der Waals surface area contributed by atoms with E-state index in [1.807, 2.05) is 36.4 Å². The third-order valence-electron chi connectivity index (χ3n) is 4.97. The molecule has 0 saturated carbocycles. The molecule has 0 unspecified atom stereocenters. The van der Waals surface area contributed by atoms with E-state index in [9.17, 15) is 9.59 Å². The minimum absolute atomic E-state index is 0.00362. The molecule has 27 heavy (non-hydrogen) atoms. The van der Waals surface area contributed by atoms with Crippen LogP contribution in [0, 0.1) is 0 Å². The maximum absolute atomic E-state index is 12.8. The SMILES string of the molecule is O=C(N[C@@H]1CCCc2ccccc21)C1=CCC(=O)N(c2ccc(Br)cc2)N1. The predicted octanol–water partition coefficient (Wildman–Crippen LogP) is 3.77. The van der Waals surface area contributed by atoms with Gasteiger partial charge >= 0.3 is 0 Å². The van der Waals surface area contributed by atoms with E-state index in [2.05, 4.69) is 38.8 Å². The summed E-state index contributed by atoms with van der Waals surface area (Å²) in [4.78, 5) is 25.1. The molecular weight excluding hydrogens is 406 g/mol. The van der Waals surface area contributed by atoms with Crippen LogP contribution in [-0.2, 0) is 16.0 Å². The molecule has 0 spiro atoms. The second kappa shape index (κ2) is 7.56. The van der Waals surface area contributed by atoms with Crippen LogP contribution in [0.3, 0.4) is 0 Å². The van der Waals surface area contributed by atoms with E-state index < -0.39 is 0 Å². The summed E-state index contributed by atoms with van der Waals surface area (Å²) in [5.74, 6) is -0.289. The number of nitrogens with one attached hydrogen (secondary N) is 2. The van der Waals surface area contributed by atoms with Crippen molar-refractivity contribution in [3.05, 3.63) is 75.9 Å². The third kappa shape index (κ3) is 3.76. The fraction of sp³-hybridized carbons (Fsp3) is 0.238. The number of nitrogens with zero attached hydrogens (tertiary/aromatic N) is 1. The van der Waals surface area contributed by atoms with Crippen molar-refractivity contribution in [2.24, 2.45) is 0 Å². The molecule has 2 N–H and O–H groups in total. The molecule has 2 aliphatic rings. The fourth-order valence-corrected chi connectivity index (χ4v) is 3.86. The number of benzene rings is 2. The lowest BCUT2D eigenvalue weighted by atomic mass is 9.87. The Morgan fingerprint density at radius 3 is 2.74 bits per heavy atom. The maximum Gasteiger partial charge on any atom is 0.269 e. The number of hydrazine groups is 1. The molecule has 0 bridgehead atoms.